The molecule has 252 valence electrons. The van der Waals surface area contributed by atoms with Crippen molar-refractivity contribution >= 4 is 34.8 Å². The number of carbonyl (C=O) groups excluding carboxylic acids is 3. The topological polar surface area (TPSA) is 115 Å². The highest BCUT2D eigenvalue weighted by molar-refractivity contribution is 6.22. The van der Waals surface area contributed by atoms with Crippen LogP contribution in [0.25, 0.3) is 16.7 Å². The molecule has 0 aromatic heterocycles. The number of likely N-dealkylation sites (N-methyl/N-ethyl adjacent to an activating group) is 1. The SMILES string of the molecule is C[C@@H](O)[C@H]1C(=O)N2C(C(=O)O)=C(c3ccc4c(c3)C(=O)c3ccc(C[N+]56CC[N+](CC(=O)N(C)c7ccccc7)(CC5)CC6)cc3-4)[C@H](C)[C@H]12. The molecule has 0 saturated carbocycles. The number of hydrogen-bond donors (Lipinski definition) is 2. The lowest BCUT2D eigenvalue weighted by atomic mass is 9.76. The number of aliphatic hydroxyl groups excluding tert-OH is 1. The predicted molar refractivity (Wildman–Crippen MR) is 183 cm³/mol. The first-order valence-electron chi connectivity index (χ1n) is 17.3. The summed E-state index contributed by atoms with van der Waals surface area (Å²) in [6.07, 6.45) is -0.881. The van der Waals surface area contributed by atoms with Crippen LogP contribution in [-0.2, 0) is 20.9 Å². The average molecular weight is 663 g/mol. The van der Waals surface area contributed by atoms with Crippen molar-refractivity contribution in [2.45, 2.75) is 32.5 Å². The minimum Gasteiger partial charge on any atom is -0.477 e. The van der Waals surface area contributed by atoms with Crippen LogP contribution in [0.15, 0.2) is 72.4 Å². The summed E-state index contributed by atoms with van der Waals surface area (Å²) in [6, 6.07) is 21.1. The molecule has 0 unspecified atom stereocenters. The monoisotopic (exact) mass is 662 g/mol. The molecule has 2 N–H and O–H groups in total. The van der Waals surface area contributed by atoms with Crippen molar-refractivity contribution in [2.24, 2.45) is 11.8 Å². The molecule has 0 radical (unpaired) electrons. The Kier molecular flexibility index (Phi) is 7.22. The van der Waals surface area contributed by atoms with Gasteiger partial charge in [0.05, 0.1) is 18.1 Å². The summed E-state index contributed by atoms with van der Waals surface area (Å²) in [5.74, 6) is -2.46. The van der Waals surface area contributed by atoms with Gasteiger partial charge in [0, 0.05) is 35.3 Å². The maximum absolute atomic E-state index is 13.7. The lowest BCUT2D eigenvalue weighted by Crippen LogP contribution is -2.75. The highest BCUT2D eigenvalue weighted by Gasteiger charge is 2.60. The van der Waals surface area contributed by atoms with Crippen LogP contribution in [0.4, 0.5) is 5.69 Å². The quantitative estimate of drug-likeness (QED) is 0.221. The van der Waals surface area contributed by atoms with Crippen LogP contribution >= 0.6 is 0 Å². The van der Waals surface area contributed by atoms with Crippen molar-refractivity contribution in [2.75, 3.05) is 57.8 Å². The summed E-state index contributed by atoms with van der Waals surface area (Å²) in [5, 5.41) is 20.4. The number of β-lactam (4-membered cyclic amide) rings is 1. The fraction of sp³-hybridized carbons (Fsp3) is 0.385. The number of nitrogens with zero attached hydrogens (tertiary/aromatic N) is 4. The van der Waals surface area contributed by atoms with Gasteiger partial charge in [-0.15, -0.1) is 0 Å². The first-order chi connectivity index (χ1) is 23.4. The molecular formula is C39H42N4O6+2. The molecule has 0 spiro atoms. The van der Waals surface area contributed by atoms with Gasteiger partial charge in [0.2, 0.25) is 5.91 Å². The van der Waals surface area contributed by atoms with E-state index in [0.29, 0.717) is 28.8 Å². The minimum absolute atomic E-state index is 0.0585. The van der Waals surface area contributed by atoms with E-state index in [9.17, 15) is 29.4 Å². The van der Waals surface area contributed by atoms with Crippen molar-refractivity contribution in [1.29, 1.82) is 0 Å². The third kappa shape index (κ3) is 4.80. The smallest absolute Gasteiger partial charge is 0.352 e. The highest BCUT2D eigenvalue weighted by Crippen LogP contribution is 2.51. The van der Waals surface area contributed by atoms with E-state index in [0.717, 1.165) is 71.6 Å². The fourth-order valence-electron chi connectivity index (χ4n) is 9.34. The van der Waals surface area contributed by atoms with E-state index in [1.165, 1.54) is 10.5 Å². The molecule has 9 rings (SSSR count). The number of aliphatic carboxylic acids is 1. The lowest BCUT2D eigenvalue weighted by Gasteiger charge is -2.55. The van der Waals surface area contributed by atoms with Crippen LogP contribution in [0.3, 0.4) is 0 Å². The molecule has 3 aromatic carbocycles. The van der Waals surface area contributed by atoms with Crippen LogP contribution in [0.1, 0.15) is 40.9 Å². The normalized spacial score (nSPS) is 28.6. The number of hydrogen-bond acceptors (Lipinski definition) is 5. The Labute approximate surface area is 285 Å². The molecule has 49 heavy (non-hydrogen) atoms. The van der Waals surface area contributed by atoms with Gasteiger partial charge < -0.3 is 29.0 Å². The first-order valence-corrected chi connectivity index (χ1v) is 17.3. The first kappa shape index (κ1) is 31.6. The molecular weight excluding hydrogens is 620 g/mol. The third-order valence-electron chi connectivity index (χ3n) is 12.2. The standard InChI is InChI=1S/C39H41N4O6/c1-23-33(36(39(48)49)41-35(23)34(24(2)44)38(41)47)26-10-12-28-30-19-25(9-11-29(30)37(46)31(28)20-26)21-42-13-16-43(17-14-42,18-15-42)22-32(45)40(3)27-7-5-4-6-8-27/h4-12,19-20,23-24,34-35,44H,13-18,21-22H2,1-3H3/q+1/p+1/t23-,24+,34+,35+,42?,43?/m0/s1. The van der Waals surface area contributed by atoms with Crippen LogP contribution in [-0.4, -0.2) is 113 Å². The number of piperazine rings is 3. The van der Waals surface area contributed by atoms with Crippen molar-refractivity contribution in [3.8, 4) is 11.1 Å². The van der Waals surface area contributed by atoms with E-state index in [2.05, 4.69) is 12.1 Å². The summed E-state index contributed by atoms with van der Waals surface area (Å²) in [6.45, 7) is 10.8. The number of fused-ring (bicyclic) bond motifs is 7. The molecule has 5 aliphatic heterocycles. The molecule has 10 nitrogen and oxygen atoms in total. The van der Waals surface area contributed by atoms with Gasteiger partial charge in [-0.05, 0) is 59.5 Å². The Morgan fingerprint density at radius 1 is 0.878 bits per heavy atom. The number of carbonyl (C=O) groups is 4. The molecule has 2 bridgehead atoms. The second kappa shape index (κ2) is 11.2. The fourth-order valence-corrected chi connectivity index (χ4v) is 9.34. The second-order valence-corrected chi connectivity index (χ2v) is 14.9. The van der Waals surface area contributed by atoms with Gasteiger partial charge in [0.1, 0.15) is 51.5 Å². The maximum atomic E-state index is 13.7. The Morgan fingerprint density at radius 3 is 2.18 bits per heavy atom. The van der Waals surface area contributed by atoms with Crippen molar-refractivity contribution in [1.82, 2.24) is 4.90 Å². The molecule has 5 heterocycles. The van der Waals surface area contributed by atoms with E-state index in [4.69, 9.17) is 0 Å². The van der Waals surface area contributed by atoms with E-state index < -0.39 is 24.0 Å². The number of rotatable bonds is 8. The van der Waals surface area contributed by atoms with Crippen molar-refractivity contribution < 1.29 is 38.4 Å². The Morgan fingerprint density at radius 2 is 1.53 bits per heavy atom. The molecule has 3 aromatic rings. The highest BCUT2D eigenvalue weighted by atomic mass is 16.4. The van der Waals surface area contributed by atoms with Gasteiger partial charge in [-0.1, -0.05) is 43.3 Å². The lowest BCUT2D eigenvalue weighted by molar-refractivity contribution is -1.08. The number of aliphatic hydroxyl groups is 1. The summed E-state index contributed by atoms with van der Waals surface area (Å²) >= 11 is 0. The summed E-state index contributed by atoms with van der Waals surface area (Å²) < 4.78 is 1.82. The van der Waals surface area contributed by atoms with E-state index >= 15 is 0 Å². The van der Waals surface area contributed by atoms with Gasteiger partial charge in [-0.3, -0.25) is 14.4 Å². The number of amides is 2. The second-order valence-electron chi connectivity index (χ2n) is 14.9. The summed E-state index contributed by atoms with van der Waals surface area (Å²) in [4.78, 5) is 55.3. The predicted octanol–water partition coefficient (Wildman–Crippen LogP) is 3.38. The minimum atomic E-state index is -1.19. The zero-order valence-corrected chi connectivity index (χ0v) is 28.1. The molecule has 10 heteroatoms. The molecule has 4 fully saturated rings. The summed E-state index contributed by atoms with van der Waals surface area (Å²) in [5.41, 5.74) is 6.10. The molecule has 2 amide bonds. The number of benzene rings is 3. The van der Waals surface area contributed by atoms with Gasteiger partial charge in [0.25, 0.3) is 5.91 Å². The van der Waals surface area contributed by atoms with Crippen molar-refractivity contribution in [3.05, 3.63) is 94.7 Å². The maximum Gasteiger partial charge on any atom is 0.352 e. The Bertz CT molecular complexity index is 1940. The van der Waals surface area contributed by atoms with Crippen LogP contribution in [0.2, 0.25) is 0 Å². The zero-order chi connectivity index (χ0) is 34.4. The number of carboxylic acid groups (broad SMARTS) is 1. The number of quaternary nitrogens is 2. The number of anilines is 1. The van der Waals surface area contributed by atoms with Gasteiger partial charge in [-0.2, -0.15) is 0 Å². The van der Waals surface area contributed by atoms with E-state index in [1.54, 1.807) is 17.9 Å². The van der Waals surface area contributed by atoms with Crippen LogP contribution in [0, 0.1) is 11.8 Å². The number of ketones is 1. The zero-order valence-electron chi connectivity index (χ0n) is 28.1. The van der Waals surface area contributed by atoms with Gasteiger partial charge >= 0.3 is 5.97 Å². The van der Waals surface area contributed by atoms with Crippen LogP contribution in [0.5, 0.6) is 0 Å². The van der Waals surface area contributed by atoms with Gasteiger partial charge in [0.15, 0.2) is 12.3 Å². The van der Waals surface area contributed by atoms with Crippen LogP contribution < -0.4 is 4.90 Å². The van der Waals surface area contributed by atoms with E-state index in [1.807, 2.05) is 62.5 Å². The number of carboxylic acids is 1. The summed E-state index contributed by atoms with van der Waals surface area (Å²) in [7, 11) is 1.86. The average Bonchev–Trinajstić information content (AvgIpc) is 3.52. The Hall–Kier alpha value is -4.64. The number of para-hydroxylation sites is 1. The van der Waals surface area contributed by atoms with Crippen molar-refractivity contribution in [3.63, 3.8) is 0 Å². The van der Waals surface area contributed by atoms with Gasteiger partial charge in [-0.25, -0.2) is 4.79 Å². The molecule has 4 atom stereocenters. The van der Waals surface area contributed by atoms with E-state index in [-0.39, 0.29) is 29.2 Å². The third-order valence-corrected chi connectivity index (χ3v) is 12.2. The molecule has 6 aliphatic rings. The Balaban J connectivity index is 1.00. The largest absolute Gasteiger partial charge is 0.477 e. The molecule has 1 aliphatic carbocycles. The molecule has 4 saturated heterocycles.